The van der Waals surface area contributed by atoms with Crippen LogP contribution in [0.2, 0.25) is 0 Å². The molecule has 1 rings (SSSR count). The van der Waals surface area contributed by atoms with Gasteiger partial charge in [0.15, 0.2) is 0 Å². The van der Waals surface area contributed by atoms with Gasteiger partial charge in [0.1, 0.15) is 0 Å². The van der Waals surface area contributed by atoms with E-state index in [1.54, 1.807) is 0 Å². The fraction of sp³-hybridized carbons (Fsp3) is 0.846. The molecular formula is C13H25NO. The van der Waals surface area contributed by atoms with Gasteiger partial charge in [-0.2, -0.15) is 5.06 Å². The molecule has 0 atom stereocenters. The van der Waals surface area contributed by atoms with Crippen molar-refractivity contribution >= 4 is 0 Å². The number of hydroxylamine groups is 2. The minimum absolute atomic E-state index is 0.136. The van der Waals surface area contributed by atoms with E-state index in [1.807, 2.05) is 6.92 Å². The maximum atomic E-state index is 5.91. The largest absolute Gasteiger partial charge is 0.294 e. The normalized spacial score (nSPS) is 25.1. The molecule has 1 aliphatic rings. The smallest absolute Gasteiger partial charge is 0.0891 e. The van der Waals surface area contributed by atoms with Gasteiger partial charge in [0.05, 0.1) is 6.61 Å². The summed E-state index contributed by atoms with van der Waals surface area (Å²) in [6.45, 7) is 15.5. The molecule has 0 aromatic rings. The Hall–Kier alpha value is -0.340. The Kier molecular flexibility index (Phi) is 3.62. The van der Waals surface area contributed by atoms with Gasteiger partial charge in [-0.1, -0.05) is 12.2 Å². The lowest BCUT2D eigenvalue weighted by atomic mass is 9.82. The van der Waals surface area contributed by atoms with Crippen molar-refractivity contribution < 1.29 is 4.84 Å². The van der Waals surface area contributed by atoms with Crippen molar-refractivity contribution in [1.29, 1.82) is 0 Å². The molecule has 1 heterocycles. The first-order valence-corrected chi connectivity index (χ1v) is 5.83. The predicted octanol–water partition coefficient (Wildman–Crippen LogP) is 3.54. The summed E-state index contributed by atoms with van der Waals surface area (Å²) in [5.41, 5.74) is 1.35. The lowest BCUT2D eigenvalue weighted by Gasteiger charge is -2.51. The molecule has 0 aromatic heterocycles. The summed E-state index contributed by atoms with van der Waals surface area (Å²) in [6, 6.07) is 0. The van der Waals surface area contributed by atoms with Crippen LogP contribution in [0.25, 0.3) is 0 Å². The highest BCUT2D eigenvalue weighted by atomic mass is 16.7. The first kappa shape index (κ1) is 12.7. The van der Waals surface area contributed by atoms with Crippen molar-refractivity contribution in [2.75, 3.05) is 6.61 Å². The number of hydrogen-bond acceptors (Lipinski definition) is 2. The molecule has 0 bridgehead atoms. The molecule has 88 valence electrons. The molecular weight excluding hydrogens is 186 g/mol. The Morgan fingerprint density at radius 2 is 1.67 bits per heavy atom. The van der Waals surface area contributed by atoms with Gasteiger partial charge in [-0.25, -0.2) is 0 Å². The molecule has 2 heteroatoms. The average Bonchev–Trinajstić information content (AvgIpc) is 1.99. The zero-order valence-electron chi connectivity index (χ0n) is 10.9. The summed E-state index contributed by atoms with van der Waals surface area (Å²) in [5.74, 6) is 0. The van der Waals surface area contributed by atoms with Crippen molar-refractivity contribution in [3.63, 3.8) is 0 Å². The van der Waals surface area contributed by atoms with E-state index in [-0.39, 0.29) is 11.1 Å². The Morgan fingerprint density at radius 1 is 1.20 bits per heavy atom. The van der Waals surface area contributed by atoms with Gasteiger partial charge in [0.25, 0.3) is 0 Å². The van der Waals surface area contributed by atoms with Gasteiger partial charge in [-0.15, -0.1) is 0 Å². The maximum absolute atomic E-state index is 5.91. The quantitative estimate of drug-likeness (QED) is 0.662. The second-order valence-corrected chi connectivity index (χ2v) is 6.00. The number of nitrogens with zero attached hydrogens (tertiary/aromatic N) is 1. The van der Waals surface area contributed by atoms with Crippen molar-refractivity contribution in [3.05, 3.63) is 12.2 Å². The second kappa shape index (κ2) is 4.26. The van der Waals surface area contributed by atoms with E-state index >= 15 is 0 Å². The lowest BCUT2D eigenvalue weighted by molar-refractivity contribution is -0.275. The fourth-order valence-corrected chi connectivity index (χ4v) is 2.50. The van der Waals surface area contributed by atoms with Gasteiger partial charge in [0, 0.05) is 11.1 Å². The van der Waals surface area contributed by atoms with Crippen LogP contribution >= 0.6 is 0 Å². The average molecular weight is 211 g/mol. The minimum Gasteiger partial charge on any atom is -0.294 e. The van der Waals surface area contributed by atoms with Gasteiger partial charge in [-0.05, 0) is 53.9 Å². The summed E-state index contributed by atoms with van der Waals surface area (Å²) in [5, 5.41) is 2.18. The summed E-state index contributed by atoms with van der Waals surface area (Å²) in [7, 11) is 0. The van der Waals surface area contributed by atoms with Crippen LogP contribution in [0.3, 0.4) is 0 Å². The number of rotatable bonds is 3. The molecule has 0 spiro atoms. The molecule has 0 radical (unpaired) electrons. The lowest BCUT2D eigenvalue weighted by Crippen LogP contribution is -2.58. The predicted molar refractivity (Wildman–Crippen MR) is 64.6 cm³/mol. The van der Waals surface area contributed by atoms with Gasteiger partial charge >= 0.3 is 0 Å². The van der Waals surface area contributed by atoms with Crippen LogP contribution in [0.1, 0.15) is 53.9 Å². The van der Waals surface area contributed by atoms with Crippen molar-refractivity contribution in [2.24, 2.45) is 0 Å². The van der Waals surface area contributed by atoms with Crippen LogP contribution in [0, 0.1) is 0 Å². The zero-order chi connectivity index (χ0) is 11.7. The third kappa shape index (κ3) is 3.05. The Morgan fingerprint density at radius 3 is 2.07 bits per heavy atom. The molecule has 1 saturated heterocycles. The number of piperidine rings is 1. The molecule has 0 aromatic carbocycles. The summed E-state index contributed by atoms with van der Waals surface area (Å²) in [6.07, 6.45) is 3.69. The summed E-state index contributed by atoms with van der Waals surface area (Å²) in [4.78, 5) is 5.91. The van der Waals surface area contributed by atoms with Crippen LogP contribution in [-0.4, -0.2) is 22.7 Å². The molecule has 0 aliphatic carbocycles. The second-order valence-electron chi connectivity index (χ2n) is 6.00. The highest BCUT2D eigenvalue weighted by molar-refractivity contribution is 4.94. The van der Waals surface area contributed by atoms with E-state index in [9.17, 15) is 0 Å². The molecule has 2 nitrogen and oxygen atoms in total. The Labute approximate surface area is 94.3 Å². The van der Waals surface area contributed by atoms with Crippen molar-refractivity contribution in [2.45, 2.75) is 65.0 Å². The number of hydrogen-bond donors (Lipinski definition) is 0. The summed E-state index contributed by atoms with van der Waals surface area (Å²) < 4.78 is 0. The monoisotopic (exact) mass is 211 g/mol. The highest BCUT2D eigenvalue weighted by Gasteiger charge is 2.42. The molecule has 15 heavy (non-hydrogen) atoms. The van der Waals surface area contributed by atoms with E-state index in [4.69, 9.17) is 4.84 Å². The standard InChI is InChI=1S/C13H25NO/c1-11(2)10-15-14-12(3,4)8-7-9-13(14,5)6/h1,7-10H2,2-6H3. The van der Waals surface area contributed by atoms with E-state index < -0.39 is 0 Å². The van der Waals surface area contributed by atoms with E-state index in [2.05, 4.69) is 39.3 Å². The Balaban J connectivity index is 2.72. The first-order chi connectivity index (χ1) is 6.76. The molecule has 1 fully saturated rings. The molecule has 0 unspecified atom stereocenters. The highest BCUT2D eigenvalue weighted by Crippen LogP contribution is 2.38. The van der Waals surface area contributed by atoms with Gasteiger partial charge in [0.2, 0.25) is 0 Å². The summed E-state index contributed by atoms with van der Waals surface area (Å²) >= 11 is 0. The maximum Gasteiger partial charge on any atom is 0.0891 e. The Bertz CT molecular complexity index is 227. The minimum atomic E-state index is 0.136. The van der Waals surface area contributed by atoms with Crippen molar-refractivity contribution in [1.82, 2.24) is 5.06 Å². The van der Waals surface area contributed by atoms with Crippen LogP contribution < -0.4 is 0 Å². The molecule has 0 N–H and O–H groups in total. The third-order valence-corrected chi connectivity index (χ3v) is 3.12. The van der Waals surface area contributed by atoms with Crippen LogP contribution in [0.15, 0.2) is 12.2 Å². The van der Waals surface area contributed by atoms with Gasteiger partial charge < -0.3 is 0 Å². The first-order valence-electron chi connectivity index (χ1n) is 5.83. The third-order valence-electron chi connectivity index (χ3n) is 3.12. The van der Waals surface area contributed by atoms with E-state index in [1.165, 1.54) is 19.3 Å². The van der Waals surface area contributed by atoms with Crippen molar-refractivity contribution in [3.8, 4) is 0 Å². The fourth-order valence-electron chi connectivity index (χ4n) is 2.50. The van der Waals surface area contributed by atoms with E-state index in [0.29, 0.717) is 6.61 Å². The van der Waals surface area contributed by atoms with E-state index in [0.717, 1.165) is 5.57 Å². The van der Waals surface area contributed by atoms with Crippen LogP contribution in [0.5, 0.6) is 0 Å². The molecule has 1 aliphatic heterocycles. The molecule has 0 saturated carbocycles. The zero-order valence-corrected chi connectivity index (χ0v) is 10.9. The SMILES string of the molecule is C=C(C)CON1C(C)(C)CCCC1(C)C. The van der Waals surface area contributed by atoms with Gasteiger partial charge in [-0.3, -0.25) is 4.84 Å². The van der Waals surface area contributed by atoms with Crippen LogP contribution in [-0.2, 0) is 4.84 Å². The topological polar surface area (TPSA) is 12.5 Å². The molecule has 0 amide bonds. The van der Waals surface area contributed by atoms with Crippen LogP contribution in [0.4, 0.5) is 0 Å².